The molecule has 48 valence electrons. The largest absolute Gasteiger partial charge is 0.378 e. The zero-order chi connectivity index (χ0) is 9.19. The number of nitrogens with zero attached hydrogens (tertiary/aromatic N) is 1. The van der Waals surface area contributed by atoms with Crippen LogP contribution < -0.4 is 4.90 Å². The van der Waals surface area contributed by atoms with Crippen molar-refractivity contribution in [2.45, 2.75) is 0 Å². The summed E-state index contributed by atoms with van der Waals surface area (Å²) in [5.41, 5.74) is 0.706. The lowest BCUT2D eigenvalue weighted by atomic mass is 10.3. The normalized spacial score (nSPS) is 15.4. The van der Waals surface area contributed by atoms with Crippen LogP contribution in [-0.2, 0) is 0 Å². The van der Waals surface area contributed by atoms with E-state index in [1.165, 1.54) is 4.90 Å². The summed E-state index contributed by atoms with van der Waals surface area (Å²) in [6, 6.07) is 9.03. The number of rotatable bonds is 1. The van der Waals surface area contributed by atoms with Crippen molar-refractivity contribution in [1.29, 1.82) is 0 Å². The lowest BCUT2D eigenvalue weighted by molar-refractivity contribution is 1.13. The van der Waals surface area contributed by atoms with E-state index in [9.17, 15) is 0 Å². The van der Waals surface area contributed by atoms with Gasteiger partial charge in [-0.15, -0.1) is 0 Å². The summed E-state index contributed by atoms with van der Waals surface area (Å²) in [5, 5.41) is 0. The zero-order valence-corrected chi connectivity index (χ0v) is 5.33. The Morgan fingerprint density at radius 1 is 1.33 bits per heavy atom. The molecule has 1 aromatic rings. The summed E-state index contributed by atoms with van der Waals surface area (Å²) < 4.78 is 21.4. The Kier molecular flexibility index (Phi) is 0.916. The molecule has 9 heavy (non-hydrogen) atoms. The maximum atomic E-state index is 7.13. The minimum Gasteiger partial charge on any atom is -0.378 e. The Morgan fingerprint density at radius 2 is 2.00 bits per heavy atom. The van der Waals surface area contributed by atoms with E-state index in [0.29, 0.717) is 5.69 Å². The van der Waals surface area contributed by atoms with Gasteiger partial charge in [0.2, 0.25) is 0 Å². The first-order valence-electron chi connectivity index (χ1n) is 4.31. The molecule has 0 aliphatic rings. The second kappa shape index (κ2) is 2.53. The average Bonchev–Trinajstić information content (AvgIpc) is 2.03. The van der Waals surface area contributed by atoms with E-state index in [2.05, 4.69) is 0 Å². The van der Waals surface area contributed by atoms with Crippen molar-refractivity contribution in [3.05, 3.63) is 30.3 Å². The molecule has 0 heterocycles. The number of benzene rings is 1. The third-order valence-electron chi connectivity index (χ3n) is 1.14. The lowest BCUT2D eigenvalue weighted by Crippen LogP contribution is -2.07. The van der Waals surface area contributed by atoms with Gasteiger partial charge in [0.25, 0.3) is 0 Å². The molecule has 0 aromatic heterocycles. The number of anilines is 1. The Bertz CT molecular complexity index is 242. The highest BCUT2D eigenvalue weighted by molar-refractivity contribution is 5.43. The lowest BCUT2D eigenvalue weighted by Gasteiger charge is -2.10. The Morgan fingerprint density at radius 3 is 2.56 bits per heavy atom. The molecular weight excluding hydrogens is 110 g/mol. The van der Waals surface area contributed by atoms with Gasteiger partial charge in [-0.1, -0.05) is 18.2 Å². The maximum absolute atomic E-state index is 7.13. The summed E-state index contributed by atoms with van der Waals surface area (Å²) in [6.45, 7) is -2.05. The molecular formula is C8H11N. The topological polar surface area (TPSA) is 3.24 Å². The van der Waals surface area contributed by atoms with E-state index < -0.39 is 6.98 Å². The fraction of sp³-hybridized carbons (Fsp3) is 0.250. The van der Waals surface area contributed by atoms with Crippen LogP contribution in [0.2, 0.25) is 0 Å². The SMILES string of the molecule is [3H]C([3H])([3H])N(C)c1ccccc1. The molecule has 1 nitrogen and oxygen atoms in total. The van der Waals surface area contributed by atoms with Crippen molar-refractivity contribution < 1.29 is 4.11 Å². The quantitative estimate of drug-likeness (QED) is 0.555. The zero-order valence-electron chi connectivity index (χ0n) is 8.33. The predicted molar refractivity (Wildman–Crippen MR) is 40.8 cm³/mol. The van der Waals surface area contributed by atoms with Crippen LogP contribution in [-0.4, -0.2) is 14.0 Å². The van der Waals surface area contributed by atoms with E-state index in [0.717, 1.165) is 0 Å². The van der Waals surface area contributed by atoms with E-state index in [1.54, 1.807) is 19.2 Å². The predicted octanol–water partition coefficient (Wildman–Crippen LogP) is 1.75. The second-order valence-corrected chi connectivity index (χ2v) is 1.89. The van der Waals surface area contributed by atoms with Crippen molar-refractivity contribution >= 4 is 5.69 Å². The van der Waals surface area contributed by atoms with Crippen molar-refractivity contribution in [2.75, 3.05) is 18.9 Å². The summed E-state index contributed by atoms with van der Waals surface area (Å²) in [4.78, 5) is 1.27. The van der Waals surface area contributed by atoms with Gasteiger partial charge in [0, 0.05) is 23.8 Å². The molecule has 0 atom stereocenters. The highest BCUT2D eigenvalue weighted by atomic mass is 15.1. The van der Waals surface area contributed by atoms with Crippen molar-refractivity contribution in [2.24, 2.45) is 0 Å². The van der Waals surface area contributed by atoms with Crippen molar-refractivity contribution in [1.82, 2.24) is 0 Å². The number of hydrogen-bond donors (Lipinski definition) is 0. The molecule has 0 bridgehead atoms. The maximum Gasteiger partial charge on any atom is 0.0456 e. The molecule has 0 fully saturated rings. The molecule has 0 spiro atoms. The van der Waals surface area contributed by atoms with Crippen LogP contribution in [0, 0.1) is 0 Å². The molecule has 0 saturated heterocycles. The van der Waals surface area contributed by atoms with E-state index in [-0.39, 0.29) is 0 Å². The fourth-order valence-electron chi connectivity index (χ4n) is 0.652. The summed E-state index contributed by atoms with van der Waals surface area (Å²) in [6.07, 6.45) is 0. The molecule has 1 heteroatoms. The van der Waals surface area contributed by atoms with Crippen LogP contribution in [0.5, 0.6) is 0 Å². The van der Waals surface area contributed by atoms with E-state index in [4.69, 9.17) is 4.11 Å². The first-order chi connectivity index (χ1) is 5.52. The van der Waals surface area contributed by atoms with Gasteiger partial charge in [-0.2, -0.15) is 0 Å². The Balaban J connectivity index is 2.86. The third-order valence-corrected chi connectivity index (χ3v) is 1.14. The van der Waals surface area contributed by atoms with Gasteiger partial charge in [0.05, 0.1) is 0 Å². The van der Waals surface area contributed by atoms with Crippen molar-refractivity contribution in [3.63, 3.8) is 0 Å². The molecule has 0 radical (unpaired) electrons. The molecule has 0 saturated carbocycles. The highest BCUT2D eigenvalue weighted by Crippen LogP contribution is 2.07. The third kappa shape index (κ3) is 1.46. The monoisotopic (exact) mass is 127 g/mol. The summed E-state index contributed by atoms with van der Waals surface area (Å²) in [5.74, 6) is 0. The first-order valence-corrected chi connectivity index (χ1v) is 2.81. The smallest absolute Gasteiger partial charge is 0.0456 e. The highest BCUT2D eigenvalue weighted by Gasteiger charge is 1.87. The van der Waals surface area contributed by atoms with E-state index in [1.807, 2.05) is 18.2 Å². The Labute approximate surface area is 60.1 Å². The van der Waals surface area contributed by atoms with Crippen LogP contribution in [0.4, 0.5) is 5.69 Å². The van der Waals surface area contributed by atoms with Gasteiger partial charge in [-0.25, -0.2) is 0 Å². The van der Waals surface area contributed by atoms with Crippen LogP contribution in [0.25, 0.3) is 0 Å². The van der Waals surface area contributed by atoms with Gasteiger partial charge in [-0.05, 0) is 12.1 Å². The molecule has 0 amide bonds. The fourth-order valence-corrected chi connectivity index (χ4v) is 0.652. The van der Waals surface area contributed by atoms with Gasteiger partial charge >= 0.3 is 0 Å². The first kappa shape index (κ1) is 3.25. The van der Waals surface area contributed by atoms with Gasteiger partial charge < -0.3 is 4.90 Å². The van der Waals surface area contributed by atoms with E-state index >= 15 is 0 Å². The molecule has 0 N–H and O–H groups in total. The second-order valence-electron chi connectivity index (χ2n) is 1.89. The number of hydrogen-bond acceptors (Lipinski definition) is 1. The molecule has 0 unspecified atom stereocenters. The Hall–Kier alpha value is -0.980. The summed E-state index contributed by atoms with van der Waals surface area (Å²) >= 11 is 0. The standard InChI is InChI=1S/C8H11N/c1-9(2)8-6-4-3-5-7-8/h3-7H,1-2H3/i1T3. The van der Waals surface area contributed by atoms with Gasteiger partial charge in [0.15, 0.2) is 0 Å². The van der Waals surface area contributed by atoms with Crippen LogP contribution in [0.3, 0.4) is 0 Å². The van der Waals surface area contributed by atoms with Gasteiger partial charge in [0.1, 0.15) is 0 Å². The summed E-state index contributed by atoms with van der Waals surface area (Å²) in [7, 11) is 1.56. The molecule has 1 aromatic carbocycles. The minimum absolute atomic E-state index is 0.706. The van der Waals surface area contributed by atoms with Crippen LogP contribution in [0.1, 0.15) is 4.11 Å². The molecule has 0 aliphatic heterocycles. The van der Waals surface area contributed by atoms with Gasteiger partial charge in [-0.3, -0.25) is 0 Å². The van der Waals surface area contributed by atoms with Crippen LogP contribution >= 0.6 is 0 Å². The molecule has 1 rings (SSSR count). The van der Waals surface area contributed by atoms with Crippen LogP contribution in [0.15, 0.2) is 30.3 Å². The minimum atomic E-state index is -2.05. The molecule has 0 aliphatic carbocycles. The van der Waals surface area contributed by atoms with Crippen molar-refractivity contribution in [3.8, 4) is 0 Å². The average molecular weight is 127 g/mol. The number of para-hydroxylation sites is 1.